The number of hydrogen-bond donors (Lipinski definition) is 0. The maximum Gasteiger partial charge on any atom is 0.391 e. The molecule has 3 aliphatic carbocycles. The van der Waals surface area contributed by atoms with E-state index >= 15 is 0 Å². The monoisotopic (exact) mass is 637 g/mol. The lowest BCUT2D eigenvalue weighted by atomic mass is 9.68. The minimum atomic E-state index is -4.66. The zero-order valence-electron chi connectivity index (χ0n) is 26.8. The summed E-state index contributed by atoms with van der Waals surface area (Å²) in [6, 6.07) is -0.357. The number of halogens is 6. The molecular formula is C33H53F6N3O2. The third kappa shape index (κ3) is 8.24. The number of amides is 2. The van der Waals surface area contributed by atoms with Crippen molar-refractivity contribution in [1.82, 2.24) is 14.7 Å². The minimum absolute atomic E-state index is 0.0619. The van der Waals surface area contributed by atoms with E-state index in [1.54, 1.807) is 18.9 Å². The number of nitrogens with zero attached hydrogens (tertiary/aromatic N) is 3. The first-order valence-corrected chi connectivity index (χ1v) is 17.0. The first-order chi connectivity index (χ1) is 20.6. The Hall–Kier alpha value is -1.52. The average Bonchev–Trinajstić information content (AvgIpc) is 3.00. The van der Waals surface area contributed by atoms with Crippen LogP contribution in [0.25, 0.3) is 0 Å². The molecule has 5 nitrogen and oxygen atoms in total. The van der Waals surface area contributed by atoms with Crippen molar-refractivity contribution in [2.24, 2.45) is 29.6 Å². The fourth-order valence-electron chi connectivity index (χ4n) is 9.19. The SMILES string of the molecule is CC(=O)N(C)C1(C2CCCCC2)CCN(C(C(=O)N(C)CCC2CC(C(F)(F)F)CC(C(F)(F)F)C2)C2CCCCC2)CC1. The molecule has 1 aliphatic heterocycles. The van der Waals surface area contributed by atoms with Crippen LogP contribution in [0.2, 0.25) is 0 Å². The predicted octanol–water partition coefficient (Wildman–Crippen LogP) is 7.83. The first-order valence-electron chi connectivity index (χ1n) is 17.0. The van der Waals surface area contributed by atoms with Crippen molar-refractivity contribution in [3.63, 3.8) is 0 Å². The molecule has 4 rings (SSSR count). The maximum atomic E-state index is 14.1. The van der Waals surface area contributed by atoms with Gasteiger partial charge in [-0.1, -0.05) is 38.5 Å². The Balaban J connectivity index is 1.46. The minimum Gasteiger partial charge on any atom is -0.344 e. The lowest BCUT2D eigenvalue weighted by Crippen LogP contribution is -2.63. The number of carbonyl (C=O) groups excluding carboxylic acids is 2. The summed E-state index contributed by atoms with van der Waals surface area (Å²) in [6.07, 6.45) is 1.75. The second-order valence-corrected chi connectivity index (χ2v) is 14.5. The molecule has 0 N–H and O–H groups in total. The van der Waals surface area contributed by atoms with E-state index in [-0.39, 0.29) is 55.1 Å². The zero-order chi connectivity index (χ0) is 32.3. The number of likely N-dealkylation sites (N-methyl/N-ethyl adjacent to an activating group) is 1. The van der Waals surface area contributed by atoms with Crippen LogP contribution < -0.4 is 0 Å². The molecule has 3 unspecified atom stereocenters. The number of rotatable bonds is 8. The summed E-state index contributed by atoms with van der Waals surface area (Å²) in [7, 11) is 3.57. The van der Waals surface area contributed by atoms with Gasteiger partial charge in [-0.25, -0.2) is 0 Å². The summed E-state index contributed by atoms with van der Waals surface area (Å²) >= 11 is 0. The topological polar surface area (TPSA) is 43.9 Å². The highest BCUT2D eigenvalue weighted by Gasteiger charge is 2.52. The Labute approximate surface area is 259 Å². The number of piperidine rings is 1. The molecule has 0 aromatic heterocycles. The van der Waals surface area contributed by atoms with E-state index in [0.717, 1.165) is 57.8 Å². The van der Waals surface area contributed by atoms with Crippen LogP contribution in [0.15, 0.2) is 0 Å². The van der Waals surface area contributed by atoms with E-state index in [9.17, 15) is 35.9 Å². The van der Waals surface area contributed by atoms with Crippen LogP contribution in [-0.4, -0.2) is 84.2 Å². The van der Waals surface area contributed by atoms with Gasteiger partial charge in [-0.15, -0.1) is 0 Å². The van der Waals surface area contributed by atoms with Crippen molar-refractivity contribution in [3.8, 4) is 0 Å². The molecule has 0 spiro atoms. The van der Waals surface area contributed by atoms with Gasteiger partial charge in [0.25, 0.3) is 0 Å². The number of carbonyl (C=O) groups is 2. The molecule has 4 fully saturated rings. The van der Waals surface area contributed by atoms with Crippen LogP contribution in [0.1, 0.15) is 110 Å². The second-order valence-electron chi connectivity index (χ2n) is 14.5. The molecule has 254 valence electrons. The molecular weight excluding hydrogens is 584 g/mol. The number of hydrogen-bond acceptors (Lipinski definition) is 3. The van der Waals surface area contributed by atoms with Crippen molar-refractivity contribution in [3.05, 3.63) is 0 Å². The van der Waals surface area contributed by atoms with Gasteiger partial charge in [-0.2, -0.15) is 26.3 Å². The molecule has 0 radical (unpaired) electrons. The van der Waals surface area contributed by atoms with Crippen LogP contribution >= 0.6 is 0 Å². The summed E-state index contributed by atoms with van der Waals surface area (Å²) < 4.78 is 81.2. The highest BCUT2D eigenvalue weighted by molar-refractivity contribution is 5.82. The van der Waals surface area contributed by atoms with Gasteiger partial charge in [0.15, 0.2) is 0 Å². The normalized spacial score (nSPS) is 28.8. The second kappa shape index (κ2) is 14.5. The Kier molecular flexibility index (Phi) is 11.6. The van der Waals surface area contributed by atoms with Gasteiger partial charge in [0.2, 0.25) is 11.8 Å². The average molecular weight is 638 g/mol. The fourth-order valence-corrected chi connectivity index (χ4v) is 9.19. The smallest absolute Gasteiger partial charge is 0.344 e. The first kappa shape index (κ1) is 35.3. The van der Waals surface area contributed by atoms with Crippen LogP contribution in [0.5, 0.6) is 0 Å². The quantitative estimate of drug-likeness (QED) is 0.255. The van der Waals surface area contributed by atoms with Gasteiger partial charge in [-0.05, 0) is 82.0 Å². The van der Waals surface area contributed by atoms with Crippen LogP contribution in [0.3, 0.4) is 0 Å². The van der Waals surface area contributed by atoms with Gasteiger partial charge in [0.1, 0.15) is 0 Å². The van der Waals surface area contributed by atoms with E-state index in [1.165, 1.54) is 19.3 Å². The molecule has 11 heteroatoms. The zero-order valence-corrected chi connectivity index (χ0v) is 26.8. The third-order valence-corrected chi connectivity index (χ3v) is 11.9. The Bertz CT molecular complexity index is 930. The van der Waals surface area contributed by atoms with Crippen LogP contribution in [-0.2, 0) is 9.59 Å². The van der Waals surface area contributed by atoms with Gasteiger partial charge in [-0.3, -0.25) is 14.5 Å². The molecule has 0 bridgehead atoms. The fraction of sp³-hybridized carbons (Fsp3) is 0.939. The third-order valence-electron chi connectivity index (χ3n) is 11.9. The summed E-state index contributed by atoms with van der Waals surface area (Å²) in [4.78, 5) is 32.6. The van der Waals surface area contributed by atoms with E-state index in [1.807, 2.05) is 11.9 Å². The molecule has 0 aromatic rings. The van der Waals surface area contributed by atoms with Gasteiger partial charge in [0.05, 0.1) is 17.9 Å². The van der Waals surface area contributed by atoms with E-state index in [2.05, 4.69) is 4.90 Å². The molecule has 1 heterocycles. The van der Waals surface area contributed by atoms with Crippen LogP contribution in [0, 0.1) is 29.6 Å². The maximum absolute atomic E-state index is 14.1. The number of likely N-dealkylation sites (tertiary alicyclic amines) is 1. The molecule has 44 heavy (non-hydrogen) atoms. The van der Waals surface area contributed by atoms with Crippen molar-refractivity contribution < 1.29 is 35.9 Å². The van der Waals surface area contributed by atoms with E-state index in [0.29, 0.717) is 19.0 Å². The predicted molar refractivity (Wildman–Crippen MR) is 158 cm³/mol. The van der Waals surface area contributed by atoms with E-state index in [4.69, 9.17) is 0 Å². The summed E-state index contributed by atoms with van der Waals surface area (Å²) in [5, 5.41) is 0. The Morgan fingerprint density at radius 3 is 1.77 bits per heavy atom. The summed E-state index contributed by atoms with van der Waals surface area (Å²) in [6.45, 7) is 3.16. The van der Waals surface area contributed by atoms with Gasteiger partial charge < -0.3 is 9.80 Å². The van der Waals surface area contributed by atoms with Crippen LogP contribution in [0.4, 0.5) is 26.3 Å². The highest BCUT2D eigenvalue weighted by atomic mass is 19.4. The molecule has 4 aliphatic rings. The van der Waals surface area contributed by atoms with Crippen molar-refractivity contribution in [1.29, 1.82) is 0 Å². The Morgan fingerprint density at radius 1 is 0.795 bits per heavy atom. The van der Waals surface area contributed by atoms with Crippen molar-refractivity contribution in [2.45, 2.75) is 134 Å². The lowest BCUT2D eigenvalue weighted by Gasteiger charge is -2.54. The molecule has 2 amide bonds. The molecule has 1 saturated heterocycles. The molecule has 0 aromatic carbocycles. The molecule has 3 atom stereocenters. The number of alkyl halides is 6. The van der Waals surface area contributed by atoms with Crippen molar-refractivity contribution in [2.75, 3.05) is 33.7 Å². The summed E-state index contributed by atoms with van der Waals surface area (Å²) in [5.74, 6) is -4.06. The molecule has 3 saturated carbocycles. The van der Waals surface area contributed by atoms with Gasteiger partial charge >= 0.3 is 12.4 Å². The standard InChI is InChI=1S/C33H53F6N3O2/c1-23(43)41(3)31(26-12-8-5-9-13-26)15-18-42(19-16-31)29(25-10-6-4-7-11-25)30(44)40(2)17-14-24-20-27(32(34,35)36)22-28(21-24)33(37,38)39/h24-29H,4-22H2,1-3H3. The van der Waals surface area contributed by atoms with E-state index < -0.39 is 36.5 Å². The van der Waals surface area contributed by atoms with Gasteiger partial charge in [0, 0.05) is 46.2 Å². The highest BCUT2D eigenvalue weighted by Crippen LogP contribution is 2.49. The lowest BCUT2D eigenvalue weighted by molar-refractivity contribution is -0.229. The Morgan fingerprint density at radius 2 is 1.30 bits per heavy atom. The largest absolute Gasteiger partial charge is 0.391 e. The van der Waals surface area contributed by atoms with Crippen molar-refractivity contribution >= 4 is 11.8 Å². The summed E-state index contributed by atoms with van der Waals surface area (Å²) in [5.41, 5.74) is -0.222.